The molecule has 9 heteroatoms. The summed E-state index contributed by atoms with van der Waals surface area (Å²) in [7, 11) is -9.10. The predicted octanol–water partition coefficient (Wildman–Crippen LogP) is 0.132. The maximum Gasteiger partial charge on any atom is 0.355 e. The first-order valence-corrected chi connectivity index (χ1v) is 6.89. The second kappa shape index (κ2) is 4.29. The lowest BCUT2D eigenvalue weighted by atomic mass is 10.5. The van der Waals surface area contributed by atoms with Gasteiger partial charge in [-0.2, -0.15) is 8.42 Å². The third-order valence-corrected chi connectivity index (χ3v) is 5.89. The summed E-state index contributed by atoms with van der Waals surface area (Å²) < 4.78 is 34.7. The Morgan fingerprint density at radius 1 is 1.38 bits per heavy atom. The minimum atomic E-state index is -4.78. The van der Waals surface area contributed by atoms with Crippen molar-refractivity contribution in [2.75, 3.05) is 0 Å². The lowest BCUT2D eigenvalue weighted by Gasteiger charge is -2.14. The van der Waals surface area contributed by atoms with Gasteiger partial charge in [0, 0.05) is 0 Å². The quantitative estimate of drug-likeness (QED) is 0.372. The Bertz CT molecular complexity index is 303. The molecule has 0 aromatic carbocycles. The maximum absolute atomic E-state index is 11.0. The van der Waals surface area contributed by atoms with E-state index in [1.165, 1.54) is 13.8 Å². The van der Waals surface area contributed by atoms with Crippen molar-refractivity contribution in [3.05, 3.63) is 0 Å². The molecule has 0 bridgehead atoms. The second-order valence-electron chi connectivity index (χ2n) is 2.55. The van der Waals surface area contributed by atoms with Crippen molar-refractivity contribution in [1.29, 1.82) is 0 Å². The summed E-state index contributed by atoms with van der Waals surface area (Å²) in [5.41, 5.74) is 0. The molecular formula is C4H11O6PS2. The van der Waals surface area contributed by atoms with E-state index in [4.69, 9.17) is 9.79 Å². The monoisotopic (exact) mass is 250 g/mol. The standard InChI is InChI=1S/C4H11O6PS2/c1-3(2)10-13(8,9)4(12)11(5,6)7/h3-4,12H,1-2H3,(H2,5,6,7). The highest BCUT2D eigenvalue weighted by molar-refractivity contribution is 8.10. The number of thiol groups is 1. The van der Waals surface area contributed by atoms with E-state index in [1.54, 1.807) is 0 Å². The van der Waals surface area contributed by atoms with Gasteiger partial charge in [-0.05, 0) is 13.8 Å². The number of rotatable bonds is 4. The Hall–Kier alpha value is 0.410. The zero-order chi connectivity index (χ0) is 10.9. The van der Waals surface area contributed by atoms with Gasteiger partial charge < -0.3 is 9.79 Å². The van der Waals surface area contributed by atoms with E-state index >= 15 is 0 Å². The Labute approximate surface area is 82.0 Å². The van der Waals surface area contributed by atoms with Gasteiger partial charge in [0.2, 0.25) is 4.32 Å². The van der Waals surface area contributed by atoms with E-state index in [0.29, 0.717) is 0 Å². The molecule has 0 saturated heterocycles. The van der Waals surface area contributed by atoms with Crippen molar-refractivity contribution in [2.45, 2.75) is 24.3 Å². The Morgan fingerprint density at radius 3 is 2.00 bits per heavy atom. The topological polar surface area (TPSA) is 101 Å². The van der Waals surface area contributed by atoms with Crippen molar-refractivity contribution in [3.63, 3.8) is 0 Å². The van der Waals surface area contributed by atoms with Crippen LogP contribution in [0.3, 0.4) is 0 Å². The van der Waals surface area contributed by atoms with E-state index in [9.17, 15) is 13.0 Å². The van der Waals surface area contributed by atoms with Crippen LogP contribution in [0.15, 0.2) is 0 Å². The van der Waals surface area contributed by atoms with Crippen LogP contribution in [0.2, 0.25) is 0 Å². The van der Waals surface area contributed by atoms with Crippen LogP contribution >= 0.6 is 20.2 Å². The van der Waals surface area contributed by atoms with Crippen LogP contribution in [0.1, 0.15) is 13.8 Å². The van der Waals surface area contributed by atoms with Gasteiger partial charge >= 0.3 is 7.60 Å². The summed E-state index contributed by atoms with van der Waals surface area (Å²) in [6.07, 6.45) is -0.675. The minimum Gasteiger partial charge on any atom is -0.323 e. The fraction of sp³-hybridized carbons (Fsp3) is 1.00. The van der Waals surface area contributed by atoms with E-state index in [1.807, 2.05) is 0 Å². The third kappa shape index (κ3) is 4.44. The van der Waals surface area contributed by atoms with Crippen molar-refractivity contribution < 1.29 is 27.0 Å². The highest BCUT2D eigenvalue weighted by atomic mass is 32.3. The van der Waals surface area contributed by atoms with Crippen molar-refractivity contribution in [2.24, 2.45) is 0 Å². The first-order valence-electron chi connectivity index (χ1n) is 3.23. The normalized spacial score (nSPS) is 16.2. The minimum absolute atomic E-state index is 0.675. The zero-order valence-corrected chi connectivity index (χ0v) is 9.59. The molecule has 0 aromatic heterocycles. The first kappa shape index (κ1) is 13.4. The molecule has 0 saturated carbocycles. The molecule has 0 rings (SSSR count). The SMILES string of the molecule is CC(C)OS(=O)(=O)C(S)P(=O)(O)O. The van der Waals surface area contributed by atoms with Gasteiger partial charge in [-0.25, -0.2) is 0 Å². The molecule has 0 heterocycles. The molecule has 6 nitrogen and oxygen atoms in total. The van der Waals surface area contributed by atoms with Crippen LogP contribution in [-0.4, -0.2) is 28.6 Å². The van der Waals surface area contributed by atoms with E-state index in [2.05, 4.69) is 16.8 Å². The molecule has 13 heavy (non-hydrogen) atoms. The molecule has 1 unspecified atom stereocenters. The average Bonchev–Trinajstić information content (AvgIpc) is 1.80. The summed E-state index contributed by atoms with van der Waals surface area (Å²) in [5, 5.41) is 0. The summed E-state index contributed by atoms with van der Waals surface area (Å²) in [6, 6.07) is 0. The largest absolute Gasteiger partial charge is 0.355 e. The first-order chi connectivity index (χ1) is 5.57. The highest BCUT2D eigenvalue weighted by Crippen LogP contribution is 2.46. The molecule has 0 radical (unpaired) electrons. The fourth-order valence-corrected chi connectivity index (χ4v) is 2.77. The average molecular weight is 250 g/mol. The van der Waals surface area contributed by atoms with Gasteiger partial charge in [0.05, 0.1) is 6.10 Å². The lowest BCUT2D eigenvalue weighted by molar-refractivity contribution is 0.248. The summed E-state index contributed by atoms with van der Waals surface area (Å²) >= 11 is 3.29. The van der Waals surface area contributed by atoms with Crippen LogP contribution in [0, 0.1) is 0 Å². The van der Waals surface area contributed by atoms with Crippen molar-refractivity contribution >= 4 is 30.3 Å². The fourth-order valence-electron chi connectivity index (χ4n) is 0.486. The molecular weight excluding hydrogens is 239 g/mol. The number of hydrogen-bond acceptors (Lipinski definition) is 5. The molecule has 0 aromatic rings. The molecule has 80 valence electrons. The Kier molecular flexibility index (Phi) is 4.42. The van der Waals surface area contributed by atoms with Crippen LogP contribution in [-0.2, 0) is 18.9 Å². The van der Waals surface area contributed by atoms with Gasteiger partial charge in [-0.3, -0.25) is 8.75 Å². The zero-order valence-electron chi connectivity index (χ0n) is 6.98. The number of hydrogen-bond donors (Lipinski definition) is 3. The molecule has 0 amide bonds. The van der Waals surface area contributed by atoms with Crippen molar-refractivity contribution in [1.82, 2.24) is 0 Å². The summed E-state index contributed by atoms with van der Waals surface area (Å²) in [5.74, 6) is 0. The third-order valence-electron chi connectivity index (χ3n) is 0.873. The molecule has 2 N–H and O–H groups in total. The van der Waals surface area contributed by atoms with E-state index < -0.39 is 28.1 Å². The van der Waals surface area contributed by atoms with Gasteiger partial charge in [0.15, 0.2) is 0 Å². The van der Waals surface area contributed by atoms with E-state index in [0.717, 1.165) is 0 Å². The van der Waals surface area contributed by atoms with E-state index in [-0.39, 0.29) is 0 Å². The lowest BCUT2D eigenvalue weighted by Crippen LogP contribution is -2.21. The van der Waals surface area contributed by atoms with Crippen LogP contribution in [0.25, 0.3) is 0 Å². The van der Waals surface area contributed by atoms with Crippen molar-refractivity contribution in [3.8, 4) is 0 Å². The predicted molar refractivity (Wildman–Crippen MR) is 50.0 cm³/mol. The molecule has 0 fully saturated rings. The van der Waals surface area contributed by atoms with Gasteiger partial charge in [0.1, 0.15) is 0 Å². The molecule has 1 atom stereocenters. The Morgan fingerprint density at radius 2 is 1.77 bits per heavy atom. The molecule has 0 aliphatic carbocycles. The maximum atomic E-state index is 11.0. The highest BCUT2D eigenvalue weighted by Gasteiger charge is 2.38. The molecule has 0 aliphatic heterocycles. The van der Waals surface area contributed by atoms with Crippen LogP contribution in [0.5, 0.6) is 0 Å². The van der Waals surface area contributed by atoms with Crippen LogP contribution < -0.4 is 0 Å². The van der Waals surface area contributed by atoms with Gasteiger partial charge in [0.25, 0.3) is 10.1 Å². The molecule has 0 spiro atoms. The van der Waals surface area contributed by atoms with Gasteiger partial charge in [-0.15, -0.1) is 12.6 Å². The smallest absolute Gasteiger partial charge is 0.323 e. The summed E-state index contributed by atoms with van der Waals surface area (Å²) in [4.78, 5) is 17.0. The molecule has 0 aliphatic rings. The summed E-state index contributed by atoms with van der Waals surface area (Å²) in [6.45, 7) is 2.86. The van der Waals surface area contributed by atoms with Crippen LogP contribution in [0.4, 0.5) is 0 Å². The Balaban J connectivity index is 4.77. The second-order valence-corrected chi connectivity index (χ2v) is 7.52. The van der Waals surface area contributed by atoms with Gasteiger partial charge in [-0.1, -0.05) is 0 Å².